The third-order valence-corrected chi connectivity index (χ3v) is 7.67. The highest BCUT2D eigenvalue weighted by Gasteiger charge is 2.34. The first-order chi connectivity index (χ1) is 20.5. The number of aromatic nitrogens is 1. The molecule has 228 valence electrons. The molecule has 0 atom stereocenters. The van der Waals surface area contributed by atoms with Gasteiger partial charge in [-0.3, -0.25) is 4.79 Å². The summed E-state index contributed by atoms with van der Waals surface area (Å²) < 4.78 is 52.5. The van der Waals surface area contributed by atoms with Crippen LogP contribution in [0.5, 0.6) is 5.75 Å². The van der Waals surface area contributed by atoms with E-state index in [0.717, 1.165) is 32.0 Å². The van der Waals surface area contributed by atoms with Crippen molar-refractivity contribution in [1.82, 2.24) is 9.88 Å². The van der Waals surface area contributed by atoms with Gasteiger partial charge in [-0.15, -0.1) is 0 Å². The molecular weight excluding hydrogens is 581 g/mol. The molecule has 1 aliphatic heterocycles. The van der Waals surface area contributed by atoms with E-state index in [1.54, 1.807) is 13.2 Å². The number of amides is 1. The summed E-state index contributed by atoms with van der Waals surface area (Å²) >= 11 is 6.32. The van der Waals surface area contributed by atoms with Crippen molar-refractivity contribution in [3.63, 3.8) is 0 Å². The van der Waals surface area contributed by atoms with Crippen LogP contribution in [0.4, 0.5) is 24.7 Å². The Labute approximate surface area is 254 Å². The van der Waals surface area contributed by atoms with Gasteiger partial charge in [0.1, 0.15) is 18.2 Å². The summed E-state index contributed by atoms with van der Waals surface area (Å²) in [6.45, 7) is 2.64. The second-order valence-corrected chi connectivity index (χ2v) is 10.9. The maximum absolute atomic E-state index is 14.0. The van der Waals surface area contributed by atoms with Gasteiger partial charge in [0, 0.05) is 30.0 Å². The van der Waals surface area contributed by atoms with Crippen LogP contribution in [-0.2, 0) is 17.3 Å². The Kier molecular flexibility index (Phi) is 10.9. The highest BCUT2D eigenvalue weighted by Crippen LogP contribution is 2.35. The molecule has 1 fully saturated rings. The lowest BCUT2D eigenvalue weighted by molar-refractivity contribution is -0.138. The highest BCUT2D eigenvalue weighted by atomic mass is 35.5. The van der Waals surface area contributed by atoms with Gasteiger partial charge in [0.25, 0.3) is 5.91 Å². The number of aryl methyl sites for hydroxylation is 1. The number of nitrogens with zero attached hydrogens (tertiary/aromatic N) is 2. The number of pyridine rings is 1. The number of rotatable bonds is 9. The summed E-state index contributed by atoms with van der Waals surface area (Å²) in [5, 5.41) is 2.87. The third kappa shape index (κ3) is 9.10. The van der Waals surface area contributed by atoms with Crippen LogP contribution in [0.1, 0.15) is 51.9 Å². The number of benzene rings is 2. The zero-order valence-corrected chi connectivity index (χ0v) is 24.8. The monoisotopic (exact) mass is 614 g/mol. The van der Waals surface area contributed by atoms with Crippen LogP contribution in [0, 0.1) is 17.8 Å². The van der Waals surface area contributed by atoms with Gasteiger partial charge in [-0.25, -0.2) is 4.98 Å². The fraction of sp³-hybridized carbons (Fsp3) is 0.375. The molecule has 0 spiro atoms. The molecule has 43 heavy (non-hydrogen) atoms. The van der Waals surface area contributed by atoms with E-state index in [-0.39, 0.29) is 27.7 Å². The van der Waals surface area contributed by atoms with Crippen LogP contribution in [0.3, 0.4) is 0 Å². The Morgan fingerprint density at radius 1 is 1.12 bits per heavy atom. The van der Waals surface area contributed by atoms with E-state index in [0.29, 0.717) is 48.8 Å². The normalized spacial score (nSPS) is 14.2. The van der Waals surface area contributed by atoms with Gasteiger partial charge in [-0.1, -0.05) is 29.5 Å². The number of hydrogen-bond acceptors (Lipinski definition) is 6. The average molecular weight is 615 g/mol. The molecule has 1 aromatic heterocycles. The molecule has 0 saturated carbocycles. The Balaban J connectivity index is 1.48. The number of likely N-dealkylation sites (tertiary alicyclic amines) is 1. The number of anilines is 2. The fourth-order valence-electron chi connectivity index (χ4n) is 4.82. The molecule has 0 aliphatic carbocycles. The van der Waals surface area contributed by atoms with Gasteiger partial charge in [-0.2, -0.15) is 13.2 Å². The van der Waals surface area contributed by atoms with Crippen molar-refractivity contribution in [3.05, 3.63) is 81.5 Å². The lowest BCUT2D eigenvalue weighted by Crippen LogP contribution is -2.30. The Bertz CT molecular complexity index is 1500. The van der Waals surface area contributed by atoms with Gasteiger partial charge in [0.15, 0.2) is 0 Å². The molecule has 3 N–H and O–H groups in total. The number of ether oxygens (including phenoxy) is 2. The van der Waals surface area contributed by atoms with Crippen molar-refractivity contribution in [2.24, 2.45) is 5.92 Å². The average Bonchev–Trinajstić information content (AvgIpc) is 2.97. The van der Waals surface area contributed by atoms with Crippen LogP contribution >= 0.6 is 11.6 Å². The van der Waals surface area contributed by atoms with Crippen LogP contribution in [0.25, 0.3) is 0 Å². The summed E-state index contributed by atoms with van der Waals surface area (Å²) in [5.41, 5.74) is 6.41. The first kappa shape index (κ1) is 32.1. The zero-order valence-electron chi connectivity index (χ0n) is 24.1. The molecule has 1 saturated heterocycles. The number of halogens is 4. The van der Waals surface area contributed by atoms with Crippen molar-refractivity contribution in [2.45, 2.75) is 31.9 Å². The largest absolute Gasteiger partial charge is 0.490 e. The van der Waals surface area contributed by atoms with Gasteiger partial charge < -0.3 is 25.4 Å². The van der Waals surface area contributed by atoms with E-state index < -0.39 is 17.6 Å². The second-order valence-electron chi connectivity index (χ2n) is 10.5. The number of hydrogen-bond donors (Lipinski definition) is 2. The molecule has 4 rings (SSSR count). The molecule has 1 aliphatic rings. The number of methoxy groups -OCH3 is 1. The number of nitrogens with two attached hydrogens (primary N) is 1. The number of nitrogens with one attached hydrogen (secondary N) is 1. The van der Waals surface area contributed by atoms with Crippen molar-refractivity contribution in [1.29, 1.82) is 0 Å². The minimum atomic E-state index is -4.55. The van der Waals surface area contributed by atoms with Gasteiger partial charge in [0.05, 0.1) is 29.0 Å². The number of carbonyl (C=O) groups is 1. The maximum Gasteiger partial charge on any atom is 0.416 e. The molecule has 0 radical (unpaired) electrons. The number of carbonyl (C=O) groups excluding carboxylic acids is 1. The molecular formula is C32H34ClF3N4O3. The van der Waals surface area contributed by atoms with Gasteiger partial charge >= 0.3 is 6.18 Å². The summed E-state index contributed by atoms with van der Waals surface area (Å²) in [6.07, 6.45) is -0.0725. The highest BCUT2D eigenvalue weighted by molar-refractivity contribution is 6.32. The predicted octanol–water partition coefficient (Wildman–Crippen LogP) is 6.29. The summed E-state index contributed by atoms with van der Waals surface area (Å²) in [4.78, 5) is 19.4. The van der Waals surface area contributed by atoms with E-state index in [2.05, 4.69) is 34.1 Å². The Morgan fingerprint density at radius 3 is 2.58 bits per heavy atom. The SMILES string of the molecule is COCCOc1cnc(N)c(C#Cc2cc(C(=O)Nc3ccc(CCC4CCN(C)CC4)c(C(F)(F)F)c3)ccc2Cl)c1. The first-order valence-electron chi connectivity index (χ1n) is 13.9. The Hall–Kier alpha value is -3.78. The van der Waals surface area contributed by atoms with Crippen LogP contribution < -0.4 is 15.8 Å². The molecule has 11 heteroatoms. The zero-order chi connectivity index (χ0) is 31.0. The summed E-state index contributed by atoms with van der Waals surface area (Å²) in [7, 11) is 3.62. The first-order valence-corrected chi connectivity index (χ1v) is 14.3. The minimum Gasteiger partial charge on any atom is -0.490 e. The second kappa shape index (κ2) is 14.6. The molecule has 1 amide bonds. The predicted molar refractivity (Wildman–Crippen MR) is 161 cm³/mol. The Morgan fingerprint density at radius 2 is 1.86 bits per heavy atom. The molecule has 0 unspecified atom stereocenters. The van der Waals surface area contributed by atoms with Crippen LogP contribution in [0.15, 0.2) is 48.7 Å². The smallest absolute Gasteiger partial charge is 0.416 e. The molecule has 3 aromatic rings. The van der Waals surface area contributed by atoms with Crippen molar-refractivity contribution >= 4 is 29.0 Å². The topological polar surface area (TPSA) is 89.7 Å². The van der Waals surface area contributed by atoms with Crippen LogP contribution in [-0.4, -0.2) is 56.3 Å². The third-order valence-electron chi connectivity index (χ3n) is 7.34. The summed E-state index contributed by atoms with van der Waals surface area (Å²) in [6, 6.07) is 10.0. The summed E-state index contributed by atoms with van der Waals surface area (Å²) in [5.74, 6) is 6.24. The van der Waals surface area contributed by atoms with E-state index >= 15 is 0 Å². The number of alkyl halides is 3. The fourth-order valence-corrected chi connectivity index (χ4v) is 4.99. The van der Waals surface area contributed by atoms with Gasteiger partial charge in [0.2, 0.25) is 0 Å². The van der Waals surface area contributed by atoms with E-state index in [1.165, 1.54) is 36.5 Å². The molecule has 2 heterocycles. The molecule has 0 bridgehead atoms. The lowest BCUT2D eigenvalue weighted by atomic mass is 9.89. The van der Waals surface area contributed by atoms with E-state index in [4.69, 9.17) is 26.8 Å². The number of nitrogen functional groups attached to an aromatic ring is 1. The van der Waals surface area contributed by atoms with Crippen molar-refractivity contribution < 1.29 is 27.4 Å². The maximum atomic E-state index is 14.0. The van der Waals surface area contributed by atoms with Crippen molar-refractivity contribution in [2.75, 3.05) is 51.5 Å². The minimum absolute atomic E-state index is 0.0482. The number of piperidine rings is 1. The standard InChI is InChI=1S/C32H34ClF3N4O3/c1-40-13-11-21(12-14-40)3-4-22-7-9-26(19-28(22)32(34,35)36)39-31(41)25-8-10-29(33)23(17-25)5-6-24-18-27(20-38-30(24)37)43-16-15-42-2/h7-10,17-21H,3-4,11-16H2,1-2H3,(H2,37,38)(H,39,41). The van der Waals surface area contributed by atoms with E-state index in [1.807, 2.05) is 0 Å². The van der Waals surface area contributed by atoms with E-state index in [9.17, 15) is 18.0 Å². The quantitative estimate of drug-likeness (QED) is 0.218. The van der Waals surface area contributed by atoms with Crippen LogP contribution in [0.2, 0.25) is 5.02 Å². The molecule has 2 aromatic carbocycles. The lowest BCUT2D eigenvalue weighted by Gasteiger charge is -2.29. The van der Waals surface area contributed by atoms with Gasteiger partial charge in [-0.05, 0) is 87.6 Å². The molecule has 7 nitrogen and oxygen atoms in total. The van der Waals surface area contributed by atoms with Crippen molar-refractivity contribution in [3.8, 4) is 17.6 Å².